The number of fused-ring (bicyclic) bond motifs is 1. The van der Waals surface area contributed by atoms with Crippen LogP contribution in [0.5, 0.6) is 5.88 Å². The topological polar surface area (TPSA) is 89.9 Å². The molecule has 0 aromatic carbocycles. The zero-order chi connectivity index (χ0) is 17.2. The highest BCUT2D eigenvalue weighted by atomic mass is 35.5. The van der Waals surface area contributed by atoms with Gasteiger partial charge < -0.3 is 19.8 Å². The Labute approximate surface area is 149 Å². The van der Waals surface area contributed by atoms with Crippen LogP contribution in [0.2, 0.25) is 5.15 Å². The first-order chi connectivity index (χ1) is 12.3. The second kappa shape index (κ2) is 6.89. The van der Waals surface area contributed by atoms with Crippen LogP contribution in [-0.2, 0) is 4.74 Å². The van der Waals surface area contributed by atoms with Crippen LogP contribution >= 0.6 is 11.6 Å². The van der Waals surface area contributed by atoms with Gasteiger partial charge in [0.05, 0.1) is 29.9 Å². The summed E-state index contributed by atoms with van der Waals surface area (Å²) >= 11 is 6.51. The Hall–Kier alpha value is -2.32. The van der Waals surface area contributed by atoms with Crippen molar-refractivity contribution >= 4 is 34.3 Å². The minimum atomic E-state index is 0.252. The van der Waals surface area contributed by atoms with E-state index in [-0.39, 0.29) is 6.04 Å². The average Bonchev–Trinajstić information content (AvgIpc) is 3.24. The van der Waals surface area contributed by atoms with Crippen molar-refractivity contribution in [2.24, 2.45) is 0 Å². The fraction of sp³-hybridized carbons (Fsp3) is 0.438. The zero-order valence-electron chi connectivity index (χ0n) is 13.8. The molecule has 0 radical (unpaired) electrons. The lowest BCUT2D eigenvalue weighted by atomic mass is 10.1. The van der Waals surface area contributed by atoms with Crippen LogP contribution in [0.15, 0.2) is 18.5 Å². The number of aromatic amines is 1. The molecule has 3 aromatic heterocycles. The van der Waals surface area contributed by atoms with Gasteiger partial charge in [-0.15, -0.1) is 0 Å². The second-order valence-electron chi connectivity index (χ2n) is 5.79. The van der Waals surface area contributed by atoms with E-state index >= 15 is 0 Å². The molecule has 4 rings (SSSR count). The monoisotopic (exact) mass is 362 g/mol. The zero-order valence-corrected chi connectivity index (χ0v) is 14.6. The molecule has 0 saturated carbocycles. The Morgan fingerprint density at radius 3 is 3.04 bits per heavy atom. The maximum atomic E-state index is 6.51. The van der Waals surface area contributed by atoms with Crippen LogP contribution < -0.4 is 10.1 Å². The van der Waals surface area contributed by atoms with E-state index in [2.05, 4.69) is 25.4 Å². The number of halogens is 1. The number of hydrogen-bond donors (Lipinski definition) is 2. The molecule has 0 amide bonds. The maximum absolute atomic E-state index is 6.51. The van der Waals surface area contributed by atoms with Gasteiger partial charge in [-0.2, -0.15) is 15.1 Å². The third kappa shape index (κ3) is 3.14. The number of nitrogens with one attached hydrogen (secondary N) is 2. The molecular formula is C16H19ClN6O2. The summed E-state index contributed by atoms with van der Waals surface area (Å²) in [5, 5.41) is 8.95. The lowest BCUT2D eigenvalue weighted by molar-refractivity contribution is 0.0663. The van der Waals surface area contributed by atoms with E-state index in [1.807, 2.05) is 23.9 Å². The van der Waals surface area contributed by atoms with Gasteiger partial charge in [-0.05, 0) is 25.8 Å². The van der Waals surface area contributed by atoms with E-state index in [1.54, 1.807) is 6.20 Å². The van der Waals surface area contributed by atoms with Gasteiger partial charge in [-0.25, -0.2) is 4.68 Å². The lowest BCUT2D eigenvalue weighted by Crippen LogP contribution is -2.20. The third-order valence-electron chi connectivity index (χ3n) is 4.18. The van der Waals surface area contributed by atoms with E-state index in [0.717, 1.165) is 31.4 Å². The molecule has 1 aliphatic heterocycles. The summed E-state index contributed by atoms with van der Waals surface area (Å²) < 4.78 is 12.8. The highest BCUT2D eigenvalue weighted by Gasteiger charge is 2.21. The van der Waals surface area contributed by atoms with Crippen molar-refractivity contribution < 1.29 is 9.47 Å². The molecule has 0 unspecified atom stereocenters. The molecule has 3 aromatic rings. The predicted octanol–water partition coefficient (Wildman–Crippen LogP) is 3.30. The number of H-pyrrole nitrogens is 1. The Morgan fingerprint density at radius 1 is 1.40 bits per heavy atom. The van der Waals surface area contributed by atoms with Gasteiger partial charge in [0.1, 0.15) is 5.65 Å². The number of anilines is 2. The second-order valence-corrected chi connectivity index (χ2v) is 6.15. The first kappa shape index (κ1) is 16.2. The maximum Gasteiger partial charge on any atom is 0.232 e. The highest BCUT2D eigenvalue weighted by Crippen LogP contribution is 2.31. The molecule has 0 atom stereocenters. The van der Waals surface area contributed by atoms with Crippen molar-refractivity contribution in [2.45, 2.75) is 25.8 Å². The van der Waals surface area contributed by atoms with Crippen molar-refractivity contribution in [2.75, 3.05) is 25.1 Å². The van der Waals surface area contributed by atoms with Crippen molar-refractivity contribution in [1.82, 2.24) is 24.7 Å². The molecule has 0 spiro atoms. The van der Waals surface area contributed by atoms with Crippen LogP contribution in [0, 0.1) is 0 Å². The summed E-state index contributed by atoms with van der Waals surface area (Å²) in [4.78, 5) is 12.0. The Morgan fingerprint density at radius 2 is 2.24 bits per heavy atom. The standard InChI is InChI=1S/C16H19ClN6O2/c1-2-25-15-11-3-6-18-14(11)21-16(22-15)20-12-9-19-23(13(12)17)10-4-7-24-8-5-10/h3,6,9-10H,2,4-5,7-8H2,1H3,(H2,18,20,21,22). The molecule has 8 nitrogen and oxygen atoms in total. The summed E-state index contributed by atoms with van der Waals surface area (Å²) in [6.07, 6.45) is 5.31. The molecule has 1 saturated heterocycles. The van der Waals surface area contributed by atoms with E-state index in [4.69, 9.17) is 21.1 Å². The number of aromatic nitrogens is 5. The van der Waals surface area contributed by atoms with Gasteiger partial charge in [-0.1, -0.05) is 11.6 Å². The van der Waals surface area contributed by atoms with Crippen molar-refractivity contribution in [3.8, 4) is 5.88 Å². The summed E-state index contributed by atoms with van der Waals surface area (Å²) in [5.41, 5.74) is 1.37. The van der Waals surface area contributed by atoms with Gasteiger partial charge >= 0.3 is 0 Å². The Kier molecular flexibility index (Phi) is 4.46. The quantitative estimate of drug-likeness (QED) is 0.723. The smallest absolute Gasteiger partial charge is 0.232 e. The largest absolute Gasteiger partial charge is 0.477 e. The van der Waals surface area contributed by atoms with Crippen molar-refractivity contribution in [3.05, 3.63) is 23.6 Å². The fourth-order valence-corrected chi connectivity index (χ4v) is 3.23. The summed E-state index contributed by atoms with van der Waals surface area (Å²) in [5.74, 6) is 0.941. The Balaban J connectivity index is 1.62. The molecular weight excluding hydrogens is 344 g/mol. The van der Waals surface area contributed by atoms with Crippen LogP contribution in [0.25, 0.3) is 11.0 Å². The number of rotatable bonds is 5. The van der Waals surface area contributed by atoms with Crippen LogP contribution in [0.4, 0.5) is 11.6 Å². The van der Waals surface area contributed by atoms with Gasteiger partial charge in [0.25, 0.3) is 0 Å². The number of hydrogen-bond acceptors (Lipinski definition) is 6. The van der Waals surface area contributed by atoms with Gasteiger partial charge in [0, 0.05) is 19.4 Å². The first-order valence-corrected chi connectivity index (χ1v) is 8.69. The van der Waals surface area contributed by atoms with Gasteiger partial charge in [-0.3, -0.25) is 0 Å². The van der Waals surface area contributed by atoms with Gasteiger partial charge in [0.2, 0.25) is 11.8 Å². The first-order valence-electron chi connectivity index (χ1n) is 8.32. The van der Waals surface area contributed by atoms with Crippen LogP contribution in [0.3, 0.4) is 0 Å². The summed E-state index contributed by atoms with van der Waals surface area (Å²) in [7, 11) is 0. The minimum absolute atomic E-state index is 0.252. The number of ether oxygens (including phenoxy) is 2. The molecule has 2 N–H and O–H groups in total. The molecule has 132 valence electrons. The van der Waals surface area contributed by atoms with Crippen molar-refractivity contribution in [3.63, 3.8) is 0 Å². The Bertz CT molecular complexity index is 871. The minimum Gasteiger partial charge on any atom is -0.477 e. The predicted molar refractivity (Wildman–Crippen MR) is 94.7 cm³/mol. The van der Waals surface area contributed by atoms with E-state index in [1.165, 1.54) is 0 Å². The average molecular weight is 363 g/mol. The van der Waals surface area contributed by atoms with E-state index < -0.39 is 0 Å². The van der Waals surface area contributed by atoms with E-state index in [9.17, 15) is 0 Å². The summed E-state index contributed by atoms with van der Waals surface area (Å²) in [6, 6.07) is 2.14. The molecule has 0 bridgehead atoms. The highest BCUT2D eigenvalue weighted by molar-refractivity contribution is 6.32. The van der Waals surface area contributed by atoms with Crippen LogP contribution in [0.1, 0.15) is 25.8 Å². The molecule has 4 heterocycles. The van der Waals surface area contributed by atoms with Gasteiger partial charge in [0.15, 0.2) is 5.15 Å². The molecule has 1 fully saturated rings. The molecule has 9 heteroatoms. The normalized spacial score (nSPS) is 15.6. The molecule has 1 aliphatic rings. The number of nitrogens with zero attached hydrogens (tertiary/aromatic N) is 4. The van der Waals surface area contributed by atoms with Crippen molar-refractivity contribution in [1.29, 1.82) is 0 Å². The van der Waals surface area contributed by atoms with Crippen LogP contribution in [-0.4, -0.2) is 44.6 Å². The summed E-state index contributed by atoms with van der Waals surface area (Å²) in [6.45, 7) is 3.91. The fourth-order valence-electron chi connectivity index (χ4n) is 2.95. The SMILES string of the molecule is CCOc1nc(Nc2cnn(C3CCOCC3)c2Cl)nc2[nH]ccc12. The third-order valence-corrected chi connectivity index (χ3v) is 4.56. The van der Waals surface area contributed by atoms with E-state index in [0.29, 0.717) is 34.9 Å². The molecule has 25 heavy (non-hydrogen) atoms. The molecule has 0 aliphatic carbocycles. The lowest BCUT2D eigenvalue weighted by Gasteiger charge is -2.23.